The molecule has 0 aliphatic carbocycles. The lowest BCUT2D eigenvalue weighted by Gasteiger charge is -2.11. The van der Waals surface area contributed by atoms with E-state index in [1.807, 2.05) is 59.3 Å². The number of fused-ring (bicyclic) bond motifs is 1. The molecule has 29 heavy (non-hydrogen) atoms. The monoisotopic (exact) mass is 408 g/mol. The molecule has 2 aromatic heterocycles. The van der Waals surface area contributed by atoms with Crippen LogP contribution in [0.15, 0.2) is 59.9 Å². The van der Waals surface area contributed by atoms with Crippen molar-refractivity contribution in [3.63, 3.8) is 0 Å². The van der Waals surface area contributed by atoms with Gasteiger partial charge in [0.05, 0.1) is 25.2 Å². The number of aromatic nitrogens is 4. The number of carbonyl (C=O) groups is 1. The molecule has 0 aliphatic rings. The molecule has 0 spiro atoms. The second-order valence-electron chi connectivity index (χ2n) is 6.18. The van der Waals surface area contributed by atoms with Crippen LogP contribution in [0.1, 0.15) is 6.92 Å². The van der Waals surface area contributed by atoms with Crippen molar-refractivity contribution < 1.29 is 14.3 Å². The van der Waals surface area contributed by atoms with E-state index in [0.717, 1.165) is 27.9 Å². The summed E-state index contributed by atoms with van der Waals surface area (Å²) in [5.74, 6) is 1.28. The number of rotatable bonds is 7. The lowest BCUT2D eigenvalue weighted by molar-refractivity contribution is -0.139. The quantitative estimate of drug-likeness (QED) is 0.367. The SMILES string of the molecule is CCOC(=O)CSc1nnc(-c2c[nH]c3ccccc23)n1-c1cccc(OC)c1. The predicted octanol–water partition coefficient (Wildman–Crippen LogP) is 4.08. The molecule has 7 nitrogen and oxygen atoms in total. The van der Waals surface area contributed by atoms with Crippen molar-refractivity contribution in [2.45, 2.75) is 12.1 Å². The molecule has 0 saturated carbocycles. The Morgan fingerprint density at radius 1 is 1.17 bits per heavy atom. The molecule has 0 saturated heterocycles. The maximum absolute atomic E-state index is 11.8. The van der Waals surface area contributed by atoms with Crippen LogP contribution in [0, 0.1) is 0 Å². The minimum absolute atomic E-state index is 0.157. The molecule has 0 unspecified atom stereocenters. The highest BCUT2D eigenvalue weighted by molar-refractivity contribution is 7.99. The number of nitrogens with zero attached hydrogens (tertiary/aromatic N) is 3. The van der Waals surface area contributed by atoms with Crippen LogP contribution in [0.2, 0.25) is 0 Å². The van der Waals surface area contributed by atoms with E-state index >= 15 is 0 Å². The Morgan fingerprint density at radius 2 is 2.03 bits per heavy atom. The van der Waals surface area contributed by atoms with E-state index in [0.29, 0.717) is 17.6 Å². The summed E-state index contributed by atoms with van der Waals surface area (Å²) < 4.78 is 12.4. The van der Waals surface area contributed by atoms with Gasteiger partial charge in [-0.1, -0.05) is 36.0 Å². The molecule has 0 amide bonds. The second-order valence-corrected chi connectivity index (χ2v) is 7.13. The molecule has 0 bridgehead atoms. The van der Waals surface area contributed by atoms with Crippen molar-refractivity contribution in [1.82, 2.24) is 19.7 Å². The second kappa shape index (κ2) is 8.40. The molecule has 148 valence electrons. The molecule has 0 atom stereocenters. The van der Waals surface area contributed by atoms with Crippen LogP contribution in [-0.4, -0.2) is 45.2 Å². The summed E-state index contributed by atoms with van der Waals surface area (Å²) in [7, 11) is 1.63. The lowest BCUT2D eigenvalue weighted by Crippen LogP contribution is -2.08. The summed E-state index contributed by atoms with van der Waals surface area (Å²) in [5.41, 5.74) is 2.79. The molecule has 0 radical (unpaired) electrons. The number of hydrogen-bond donors (Lipinski definition) is 1. The first-order valence-electron chi connectivity index (χ1n) is 9.16. The van der Waals surface area contributed by atoms with Gasteiger partial charge < -0.3 is 14.5 Å². The van der Waals surface area contributed by atoms with E-state index < -0.39 is 0 Å². The summed E-state index contributed by atoms with van der Waals surface area (Å²) in [6.07, 6.45) is 1.92. The number of esters is 1. The van der Waals surface area contributed by atoms with Gasteiger partial charge in [0.1, 0.15) is 5.75 Å². The van der Waals surface area contributed by atoms with Crippen molar-refractivity contribution in [3.05, 3.63) is 54.7 Å². The molecule has 1 N–H and O–H groups in total. The fraction of sp³-hybridized carbons (Fsp3) is 0.190. The molecule has 2 aromatic carbocycles. The van der Waals surface area contributed by atoms with Crippen LogP contribution in [0.4, 0.5) is 0 Å². The van der Waals surface area contributed by atoms with Crippen molar-refractivity contribution in [2.75, 3.05) is 19.5 Å². The first-order chi connectivity index (χ1) is 14.2. The summed E-state index contributed by atoms with van der Waals surface area (Å²) in [4.78, 5) is 15.1. The van der Waals surface area contributed by atoms with Crippen LogP contribution >= 0.6 is 11.8 Å². The zero-order chi connectivity index (χ0) is 20.2. The molecule has 0 fully saturated rings. The van der Waals surface area contributed by atoms with E-state index in [1.54, 1.807) is 14.0 Å². The van der Waals surface area contributed by atoms with Crippen LogP contribution in [0.5, 0.6) is 5.75 Å². The van der Waals surface area contributed by atoms with Gasteiger partial charge in [-0.3, -0.25) is 9.36 Å². The van der Waals surface area contributed by atoms with Crippen molar-refractivity contribution >= 4 is 28.6 Å². The summed E-state index contributed by atoms with van der Waals surface area (Å²) >= 11 is 1.29. The van der Waals surface area contributed by atoms with Crippen LogP contribution in [0.25, 0.3) is 28.0 Å². The number of H-pyrrole nitrogens is 1. The maximum atomic E-state index is 11.8. The highest BCUT2D eigenvalue weighted by Gasteiger charge is 2.20. The van der Waals surface area contributed by atoms with Crippen LogP contribution in [-0.2, 0) is 9.53 Å². The number of ether oxygens (including phenoxy) is 2. The smallest absolute Gasteiger partial charge is 0.316 e. The van der Waals surface area contributed by atoms with Gasteiger partial charge in [0.25, 0.3) is 0 Å². The zero-order valence-corrected chi connectivity index (χ0v) is 16.9. The van der Waals surface area contributed by atoms with E-state index in [1.165, 1.54) is 11.8 Å². The highest BCUT2D eigenvalue weighted by Crippen LogP contribution is 2.33. The van der Waals surface area contributed by atoms with Crippen molar-refractivity contribution in [3.8, 4) is 22.8 Å². The third-order valence-corrected chi connectivity index (χ3v) is 5.30. The van der Waals surface area contributed by atoms with Gasteiger partial charge >= 0.3 is 5.97 Å². The molecule has 8 heteroatoms. The first-order valence-corrected chi connectivity index (χ1v) is 10.1. The number of aromatic amines is 1. The molecule has 4 aromatic rings. The summed E-state index contributed by atoms with van der Waals surface area (Å²) in [6, 6.07) is 15.7. The average Bonchev–Trinajstić information content (AvgIpc) is 3.36. The topological polar surface area (TPSA) is 82.0 Å². The average molecular weight is 408 g/mol. The molecule has 2 heterocycles. The van der Waals surface area contributed by atoms with Gasteiger partial charge in [-0.2, -0.15) is 0 Å². The van der Waals surface area contributed by atoms with E-state index in [-0.39, 0.29) is 11.7 Å². The summed E-state index contributed by atoms with van der Waals surface area (Å²) in [6.45, 7) is 2.14. The largest absolute Gasteiger partial charge is 0.497 e. The zero-order valence-electron chi connectivity index (χ0n) is 16.1. The van der Waals surface area contributed by atoms with Gasteiger partial charge in [0.15, 0.2) is 11.0 Å². The fourth-order valence-electron chi connectivity index (χ4n) is 3.10. The van der Waals surface area contributed by atoms with E-state index in [4.69, 9.17) is 9.47 Å². The Morgan fingerprint density at radius 3 is 2.86 bits per heavy atom. The van der Waals surface area contributed by atoms with Gasteiger partial charge in [-0.05, 0) is 25.1 Å². The minimum atomic E-state index is -0.286. The number of para-hydroxylation sites is 1. The minimum Gasteiger partial charge on any atom is -0.497 e. The van der Waals surface area contributed by atoms with Crippen LogP contribution < -0.4 is 4.74 Å². The standard InChI is InChI=1S/C21H20N4O3S/c1-3-28-19(26)13-29-21-24-23-20(17-12-22-18-10-5-4-9-16(17)18)25(21)14-7-6-8-15(11-14)27-2/h4-12,22H,3,13H2,1-2H3. The third-order valence-electron chi connectivity index (χ3n) is 4.40. The highest BCUT2D eigenvalue weighted by atomic mass is 32.2. The van der Waals surface area contributed by atoms with Gasteiger partial charge in [-0.15, -0.1) is 10.2 Å². The molecule has 0 aliphatic heterocycles. The number of carbonyl (C=O) groups excluding carboxylic acids is 1. The number of hydrogen-bond acceptors (Lipinski definition) is 6. The Kier molecular flexibility index (Phi) is 5.53. The molecular weight excluding hydrogens is 388 g/mol. The number of methoxy groups -OCH3 is 1. The Hall–Kier alpha value is -3.26. The van der Waals surface area contributed by atoms with E-state index in [2.05, 4.69) is 15.2 Å². The normalized spacial score (nSPS) is 11.0. The number of thioether (sulfide) groups is 1. The number of nitrogens with one attached hydrogen (secondary N) is 1. The Balaban J connectivity index is 1.82. The Bertz CT molecular complexity index is 1150. The molecular formula is C21H20N4O3S. The summed E-state index contributed by atoms with van der Waals surface area (Å²) in [5, 5.41) is 10.5. The van der Waals surface area contributed by atoms with Crippen LogP contribution in [0.3, 0.4) is 0 Å². The van der Waals surface area contributed by atoms with Crippen molar-refractivity contribution in [2.24, 2.45) is 0 Å². The third kappa shape index (κ3) is 3.84. The lowest BCUT2D eigenvalue weighted by atomic mass is 10.1. The predicted molar refractivity (Wildman–Crippen MR) is 113 cm³/mol. The first kappa shape index (κ1) is 19.1. The Labute approximate surface area is 172 Å². The van der Waals surface area contributed by atoms with Gasteiger partial charge in [0.2, 0.25) is 0 Å². The number of benzene rings is 2. The maximum Gasteiger partial charge on any atom is 0.316 e. The van der Waals surface area contributed by atoms with Crippen molar-refractivity contribution in [1.29, 1.82) is 0 Å². The molecule has 4 rings (SSSR count). The van der Waals surface area contributed by atoms with Gasteiger partial charge in [0, 0.05) is 28.7 Å². The van der Waals surface area contributed by atoms with E-state index in [9.17, 15) is 4.79 Å². The fourth-order valence-corrected chi connectivity index (χ4v) is 3.85. The van der Waals surface area contributed by atoms with Gasteiger partial charge in [-0.25, -0.2) is 0 Å².